The number of aromatic amines is 1. The van der Waals surface area contributed by atoms with Crippen LogP contribution in [-0.4, -0.2) is 25.2 Å². The Morgan fingerprint density at radius 3 is 2.89 bits per heavy atom. The van der Waals surface area contributed by atoms with Crippen LogP contribution in [0.15, 0.2) is 55.0 Å². The molecule has 3 aromatic heterocycles. The van der Waals surface area contributed by atoms with E-state index >= 15 is 0 Å². The zero-order valence-corrected chi connectivity index (χ0v) is 15.1. The highest BCUT2D eigenvalue weighted by atomic mass is 16.1. The largest absolute Gasteiger partial charge is 0.356 e. The van der Waals surface area contributed by atoms with Crippen LogP contribution in [0.1, 0.15) is 40.5 Å². The first kappa shape index (κ1) is 15.9. The fraction of sp³-hybridized carbons (Fsp3) is 0.238. The molecular weight excluding hydrogens is 338 g/mol. The molecule has 27 heavy (non-hydrogen) atoms. The topological polar surface area (TPSA) is 67.6 Å². The van der Waals surface area contributed by atoms with Crippen molar-refractivity contribution in [2.75, 3.05) is 0 Å². The summed E-state index contributed by atoms with van der Waals surface area (Å²) in [5.41, 5.74) is 4.19. The number of fused-ring (bicyclic) bond motifs is 3. The lowest BCUT2D eigenvalue weighted by Gasteiger charge is -2.24. The van der Waals surface area contributed by atoms with Gasteiger partial charge < -0.3 is 14.9 Å². The third kappa shape index (κ3) is 2.56. The van der Waals surface area contributed by atoms with Crippen molar-refractivity contribution in [2.45, 2.75) is 25.3 Å². The van der Waals surface area contributed by atoms with Gasteiger partial charge in [-0.25, -0.2) is 0 Å². The number of H-pyrrole nitrogens is 1. The van der Waals surface area contributed by atoms with Gasteiger partial charge in [-0.1, -0.05) is 18.2 Å². The number of hydrogen-bond acceptors (Lipinski definition) is 2. The third-order valence-corrected chi connectivity index (χ3v) is 5.42. The van der Waals surface area contributed by atoms with Crippen LogP contribution in [0.2, 0.25) is 0 Å². The van der Waals surface area contributed by atoms with E-state index in [4.69, 9.17) is 0 Å². The molecule has 0 fully saturated rings. The highest BCUT2D eigenvalue weighted by molar-refractivity contribution is 5.97. The molecule has 136 valence electrons. The number of carbonyl (C=O) groups excluding carboxylic acids is 1. The second kappa shape index (κ2) is 6.16. The van der Waals surface area contributed by atoms with Crippen LogP contribution in [-0.2, 0) is 13.5 Å². The molecule has 1 amide bonds. The van der Waals surface area contributed by atoms with Crippen LogP contribution in [0.25, 0.3) is 16.7 Å². The molecule has 6 nitrogen and oxygen atoms in total. The standard InChI is InChI=1S/C21H21N5O/c1-25-21(26-11-4-5-12-26)16(13-22-25)20(27)24-18-10-6-8-15-14-7-2-3-9-17(14)23-19(15)18/h2-5,7,9,11-13,18,23H,6,8,10H2,1H3,(H,24,27)/t18-/m0/s1. The Kier molecular flexibility index (Phi) is 3.63. The number of nitrogens with zero attached hydrogens (tertiary/aromatic N) is 3. The van der Waals surface area contributed by atoms with E-state index in [1.807, 2.05) is 42.2 Å². The SMILES string of the molecule is Cn1ncc(C(=O)N[C@H]2CCCc3c2[nH]c2ccccc32)c1-n1cccc1. The Morgan fingerprint density at radius 2 is 2.04 bits per heavy atom. The lowest BCUT2D eigenvalue weighted by atomic mass is 9.91. The van der Waals surface area contributed by atoms with Crippen LogP contribution in [0, 0.1) is 0 Å². The third-order valence-electron chi connectivity index (χ3n) is 5.42. The molecule has 0 bridgehead atoms. The summed E-state index contributed by atoms with van der Waals surface area (Å²) in [6.07, 6.45) is 8.53. The van der Waals surface area contributed by atoms with E-state index in [2.05, 4.69) is 33.6 Å². The summed E-state index contributed by atoms with van der Waals surface area (Å²) < 4.78 is 3.64. The summed E-state index contributed by atoms with van der Waals surface area (Å²) in [6, 6.07) is 12.2. The first-order valence-electron chi connectivity index (χ1n) is 9.28. The van der Waals surface area contributed by atoms with Gasteiger partial charge in [0.05, 0.1) is 12.2 Å². The van der Waals surface area contributed by atoms with Crippen molar-refractivity contribution in [1.82, 2.24) is 24.6 Å². The Balaban J connectivity index is 1.48. The maximum absolute atomic E-state index is 13.1. The van der Waals surface area contributed by atoms with E-state index in [0.717, 1.165) is 36.3 Å². The average molecular weight is 359 g/mol. The fourth-order valence-corrected chi connectivity index (χ4v) is 4.17. The van der Waals surface area contributed by atoms with Crippen molar-refractivity contribution in [3.05, 3.63) is 71.8 Å². The molecule has 1 atom stereocenters. The maximum atomic E-state index is 13.1. The van der Waals surface area contributed by atoms with Crippen LogP contribution >= 0.6 is 0 Å². The summed E-state index contributed by atoms with van der Waals surface area (Å²) in [7, 11) is 1.85. The number of amides is 1. The molecule has 0 saturated carbocycles. The quantitative estimate of drug-likeness (QED) is 0.588. The van der Waals surface area contributed by atoms with Crippen molar-refractivity contribution in [3.63, 3.8) is 0 Å². The van der Waals surface area contributed by atoms with E-state index in [9.17, 15) is 4.79 Å². The van der Waals surface area contributed by atoms with E-state index < -0.39 is 0 Å². The number of aromatic nitrogens is 4. The number of nitrogens with one attached hydrogen (secondary N) is 2. The zero-order valence-electron chi connectivity index (χ0n) is 15.1. The van der Waals surface area contributed by atoms with E-state index in [1.54, 1.807) is 10.9 Å². The van der Waals surface area contributed by atoms with Crippen LogP contribution < -0.4 is 5.32 Å². The van der Waals surface area contributed by atoms with Crippen molar-refractivity contribution < 1.29 is 4.79 Å². The normalized spacial score (nSPS) is 16.4. The Bertz CT molecular complexity index is 1120. The number of carbonyl (C=O) groups is 1. The van der Waals surface area contributed by atoms with Crippen molar-refractivity contribution in [1.29, 1.82) is 0 Å². The molecule has 3 heterocycles. The van der Waals surface area contributed by atoms with Gasteiger partial charge in [0.25, 0.3) is 5.91 Å². The number of benzene rings is 1. The lowest BCUT2D eigenvalue weighted by Crippen LogP contribution is -2.31. The summed E-state index contributed by atoms with van der Waals surface area (Å²) in [5.74, 6) is 0.675. The minimum atomic E-state index is -0.0942. The highest BCUT2D eigenvalue weighted by Gasteiger charge is 2.27. The molecule has 1 aliphatic rings. The van der Waals surface area contributed by atoms with Gasteiger partial charge in [0.1, 0.15) is 11.4 Å². The molecule has 0 radical (unpaired) electrons. The molecule has 0 aliphatic heterocycles. The summed E-state index contributed by atoms with van der Waals surface area (Å²) in [5, 5.41) is 8.79. The average Bonchev–Trinajstić information content (AvgIpc) is 3.39. The Morgan fingerprint density at radius 1 is 1.22 bits per heavy atom. The second-order valence-corrected chi connectivity index (χ2v) is 7.08. The molecule has 2 N–H and O–H groups in total. The van der Waals surface area contributed by atoms with Gasteiger partial charge in [-0.05, 0) is 43.0 Å². The second-order valence-electron chi connectivity index (χ2n) is 7.08. The Hall–Kier alpha value is -3.28. The lowest BCUT2D eigenvalue weighted by molar-refractivity contribution is 0.0932. The van der Waals surface area contributed by atoms with Gasteiger partial charge in [-0.2, -0.15) is 5.10 Å². The number of aryl methyl sites for hydroxylation is 2. The van der Waals surface area contributed by atoms with Gasteiger partial charge in [0.15, 0.2) is 0 Å². The van der Waals surface area contributed by atoms with Crippen LogP contribution in [0.3, 0.4) is 0 Å². The maximum Gasteiger partial charge on any atom is 0.257 e. The summed E-state index contributed by atoms with van der Waals surface area (Å²) in [6.45, 7) is 0. The monoisotopic (exact) mass is 359 g/mol. The molecule has 6 heteroatoms. The fourth-order valence-electron chi connectivity index (χ4n) is 4.17. The van der Waals surface area contributed by atoms with E-state index in [1.165, 1.54) is 10.9 Å². The first-order valence-corrected chi connectivity index (χ1v) is 9.28. The molecule has 0 spiro atoms. The number of rotatable bonds is 3. The van der Waals surface area contributed by atoms with Gasteiger partial charge in [0.2, 0.25) is 0 Å². The first-order chi connectivity index (χ1) is 13.2. The molecule has 0 unspecified atom stereocenters. The predicted octanol–water partition coefficient (Wildman–Crippen LogP) is 3.50. The molecule has 0 saturated heterocycles. The highest BCUT2D eigenvalue weighted by Crippen LogP contribution is 2.34. The van der Waals surface area contributed by atoms with E-state index in [0.29, 0.717) is 5.56 Å². The predicted molar refractivity (Wildman–Crippen MR) is 104 cm³/mol. The van der Waals surface area contributed by atoms with Gasteiger partial charge in [-0.3, -0.25) is 9.48 Å². The zero-order chi connectivity index (χ0) is 18.4. The minimum Gasteiger partial charge on any atom is -0.356 e. The smallest absolute Gasteiger partial charge is 0.257 e. The summed E-state index contributed by atoms with van der Waals surface area (Å²) >= 11 is 0. The van der Waals surface area contributed by atoms with Crippen molar-refractivity contribution in [2.24, 2.45) is 7.05 Å². The Labute approximate surface area is 156 Å². The van der Waals surface area contributed by atoms with Crippen molar-refractivity contribution in [3.8, 4) is 5.82 Å². The van der Waals surface area contributed by atoms with Crippen LogP contribution in [0.5, 0.6) is 0 Å². The minimum absolute atomic E-state index is 0.00799. The number of para-hydroxylation sites is 1. The van der Waals surface area contributed by atoms with E-state index in [-0.39, 0.29) is 11.9 Å². The summed E-state index contributed by atoms with van der Waals surface area (Å²) in [4.78, 5) is 16.6. The molecule has 4 aromatic rings. The molecule has 5 rings (SSSR count). The van der Waals surface area contributed by atoms with Crippen LogP contribution in [0.4, 0.5) is 0 Å². The van der Waals surface area contributed by atoms with Gasteiger partial charge in [-0.15, -0.1) is 0 Å². The molecule has 1 aliphatic carbocycles. The molecular formula is C21H21N5O. The molecule has 1 aromatic carbocycles. The number of hydrogen-bond donors (Lipinski definition) is 2. The van der Waals surface area contributed by atoms with Gasteiger partial charge >= 0.3 is 0 Å². The van der Waals surface area contributed by atoms with Crippen molar-refractivity contribution >= 4 is 16.8 Å². The van der Waals surface area contributed by atoms with Gasteiger partial charge in [0, 0.05) is 36.0 Å².